The van der Waals surface area contributed by atoms with E-state index in [0.717, 1.165) is 43.5 Å². The summed E-state index contributed by atoms with van der Waals surface area (Å²) in [6, 6.07) is 7.95. The highest BCUT2D eigenvalue weighted by Gasteiger charge is 2.31. The lowest BCUT2D eigenvalue weighted by Crippen LogP contribution is -2.47. The summed E-state index contributed by atoms with van der Waals surface area (Å²) in [5, 5.41) is 7.87. The fraction of sp³-hybridized carbons (Fsp3) is 0.357. The average molecular weight is 538 g/mol. The number of nitrogens with zero attached hydrogens (tertiary/aromatic N) is 6. The molecule has 204 valence electrons. The van der Waals surface area contributed by atoms with Crippen LogP contribution in [0.3, 0.4) is 0 Å². The second kappa shape index (κ2) is 11.4. The third-order valence-corrected chi connectivity index (χ3v) is 6.89. The van der Waals surface area contributed by atoms with Gasteiger partial charge < -0.3 is 15.1 Å². The molecule has 2 aromatic heterocycles. The highest BCUT2D eigenvalue weighted by atomic mass is 19.2. The Balaban J connectivity index is 1.38. The molecule has 3 heterocycles. The fourth-order valence-corrected chi connectivity index (χ4v) is 4.77. The summed E-state index contributed by atoms with van der Waals surface area (Å²) in [4.78, 5) is 26.3. The number of benzene rings is 2. The molecule has 1 aliphatic rings. The molecule has 0 saturated carbocycles. The van der Waals surface area contributed by atoms with E-state index in [1.807, 2.05) is 30.1 Å². The quantitative estimate of drug-likeness (QED) is 0.355. The van der Waals surface area contributed by atoms with Crippen molar-refractivity contribution in [3.8, 4) is 11.1 Å². The Morgan fingerprint density at radius 2 is 1.82 bits per heavy atom. The summed E-state index contributed by atoms with van der Waals surface area (Å²) < 4.78 is 42.6. The molecule has 2 aromatic carbocycles. The first-order valence-electron chi connectivity index (χ1n) is 12.9. The molecule has 0 spiro atoms. The molecule has 0 radical (unpaired) electrons. The van der Waals surface area contributed by atoms with Crippen LogP contribution < -0.4 is 5.32 Å². The van der Waals surface area contributed by atoms with Gasteiger partial charge in [-0.1, -0.05) is 12.1 Å². The predicted molar refractivity (Wildman–Crippen MR) is 143 cm³/mol. The number of nitrogens with one attached hydrogen (secondary N) is 1. The normalized spacial score (nSPS) is 15.7. The summed E-state index contributed by atoms with van der Waals surface area (Å²) in [6.45, 7) is 2.33. The number of hydrogen-bond acceptors (Lipinski definition) is 6. The molecular formula is C28H30F3N7O. The minimum Gasteiger partial charge on any atom is -0.367 e. The van der Waals surface area contributed by atoms with Gasteiger partial charge in [-0.15, -0.1) is 0 Å². The van der Waals surface area contributed by atoms with Crippen molar-refractivity contribution in [1.82, 2.24) is 29.5 Å². The van der Waals surface area contributed by atoms with E-state index in [9.17, 15) is 18.0 Å². The number of likely N-dealkylation sites (N-methyl/N-ethyl adjacent to an activating group) is 1. The van der Waals surface area contributed by atoms with Gasteiger partial charge in [-0.3, -0.25) is 14.5 Å². The number of hydrogen-bond donors (Lipinski definition) is 1. The van der Waals surface area contributed by atoms with E-state index in [1.54, 1.807) is 16.8 Å². The zero-order valence-corrected chi connectivity index (χ0v) is 21.9. The maximum Gasteiger partial charge on any atom is 0.275 e. The highest BCUT2D eigenvalue weighted by Crippen LogP contribution is 2.27. The van der Waals surface area contributed by atoms with E-state index >= 15 is 0 Å². The molecule has 4 aromatic rings. The first-order chi connectivity index (χ1) is 18.8. The van der Waals surface area contributed by atoms with E-state index in [4.69, 9.17) is 0 Å². The number of halogens is 3. The molecule has 0 aliphatic carbocycles. The van der Waals surface area contributed by atoms with Crippen molar-refractivity contribution in [1.29, 1.82) is 0 Å². The standard InChI is InChI=1S/C28H30F3N7O/c1-36(2)11-12-37-17-21(18-6-8-19(29)9-7-18)27(35-37)28(39)38-10-4-3-5-20(38)15-33-26-16-32-24-13-22(30)23(31)14-25(24)34-26/h6-9,13-14,16-17,20H,3-5,10-12,15H2,1-2H3,(H,33,34)/t20-/m0/s1. The Bertz CT molecular complexity index is 1470. The molecule has 11 heteroatoms. The number of rotatable bonds is 8. The maximum atomic E-state index is 13.9. The van der Waals surface area contributed by atoms with Crippen LogP contribution in [0.5, 0.6) is 0 Å². The number of fused-ring (bicyclic) bond motifs is 1. The predicted octanol–water partition coefficient (Wildman–Crippen LogP) is 4.58. The van der Waals surface area contributed by atoms with Crippen molar-refractivity contribution >= 4 is 22.8 Å². The molecule has 39 heavy (non-hydrogen) atoms. The number of likely N-dealkylation sites (tertiary alicyclic amines) is 1. The average Bonchev–Trinajstić information content (AvgIpc) is 3.36. The van der Waals surface area contributed by atoms with E-state index in [2.05, 4.69) is 20.4 Å². The zero-order chi connectivity index (χ0) is 27.5. The summed E-state index contributed by atoms with van der Waals surface area (Å²) in [7, 11) is 3.94. The fourth-order valence-electron chi connectivity index (χ4n) is 4.77. The highest BCUT2D eigenvalue weighted by molar-refractivity contribution is 5.99. The van der Waals surface area contributed by atoms with E-state index in [0.29, 0.717) is 36.7 Å². The van der Waals surface area contributed by atoms with Gasteiger partial charge >= 0.3 is 0 Å². The van der Waals surface area contributed by atoms with Gasteiger partial charge in [-0.25, -0.2) is 18.2 Å². The first-order valence-corrected chi connectivity index (χ1v) is 12.9. The minimum absolute atomic E-state index is 0.137. The molecule has 0 bridgehead atoms. The van der Waals surface area contributed by atoms with Crippen LogP contribution in [0.25, 0.3) is 22.2 Å². The molecule has 5 rings (SSSR count). The van der Waals surface area contributed by atoms with Crippen LogP contribution in [0.1, 0.15) is 29.8 Å². The topological polar surface area (TPSA) is 79.2 Å². The first kappa shape index (κ1) is 26.6. The lowest BCUT2D eigenvalue weighted by Gasteiger charge is -2.35. The summed E-state index contributed by atoms with van der Waals surface area (Å²) in [5.41, 5.74) is 2.20. The van der Waals surface area contributed by atoms with Crippen LogP contribution in [0, 0.1) is 17.5 Å². The van der Waals surface area contributed by atoms with Crippen molar-refractivity contribution in [2.24, 2.45) is 0 Å². The lowest BCUT2D eigenvalue weighted by molar-refractivity contribution is 0.0622. The third-order valence-electron chi connectivity index (χ3n) is 6.89. The van der Waals surface area contributed by atoms with Gasteiger partial charge in [-0.05, 0) is 51.1 Å². The lowest BCUT2D eigenvalue weighted by atomic mass is 10.00. The minimum atomic E-state index is -0.986. The maximum absolute atomic E-state index is 13.9. The van der Waals surface area contributed by atoms with Crippen molar-refractivity contribution in [2.45, 2.75) is 31.8 Å². The van der Waals surface area contributed by atoms with Gasteiger partial charge in [0.1, 0.15) is 11.6 Å². The largest absolute Gasteiger partial charge is 0.367 e. The van der Waals surface area contributed by atoms with Crippen LogP contribution in [-0.4, -0.2) is 75.2 Å². The van der Waals surface area contributed by atoms with Gasteiger partial charge in [0, 0.05) is 49.6 Å². The Hall–Kier alpha value is -3.99. The molecule has 1 atom stereocenters. The zero-order valence-electron chi connectivity index (χ0n) is 21.9. The number of amides is 1. The van der Waals surface area contributed by atoms with Crippen molar-refractivity contribution in [3.05, 3.63) is 71.9 Å². The van der Waals surface area contributed by atoms with Gasteiger partial charge in [0.25, 0.3) is 5.91 Å². The third kappa shape index (κ3) is 6.03. The summed E-state index contributed by atoms with van der Waals surface area (Å²) >= 11 is 0. The molecule has 0 unspecified atom stereocenters. The van der Waals surface area contributed by atoms with Crippen LogP contribution >= 0.6 is 0 Å². The smallest absolute Gasteiger partial charge is 0.275 e. The Kier molecular flexibility index (Phi) is 7.78. The number of aromatic nitrogens is 4. The number of carbonyl (C=O) groups is 1. The van der Waals surface area contributed by atoms with Gasteiger partial charge in [-0.2, -0.15) is 5.10 Å². The molecule has 1 aliphatic heterocycles. The van der Waals surface area contributed by atoms with Crippen LogP contribution in [0.4, 0.5) is 19.0 Å². The molecule has 1 N–H and O–H groups in total. The second-order valence-corrected chi connectivity index (χ2v) is 10.0. The van der Waals surface area contributed by atoms with Crippen LogP contribution in [0.15, 0.2) is 48.8 Å². The molecular weight excluding hydrogens is 507 g/mol. The van der Waals surface area contributed by atoms with Gasteiger partial charge in [0.05, 0.1) is 23.8 Å². The van der Waals surface area contributed by atoms with E-state index < -0.39 is 11.6 Å². The monoisotopic (exact) mass is 537 g/mol. The SMILES string of the molecule is CN(C)CCn1cc(-c2ccc(F)cc2)c(C(=O)N2CCCC[C@H]2CNc2cnc3cc(F)c(F)cc3n2)n1. The van der Waals surface area contributed by atoms with E-state index in [-0.39, 0.29) is 28.8 Å². The Labute approximate surface area is 224 Å². The molecule has 1 fully saturated rings. The summed E-state index contributed by atoms with van der Waals surface area (Å²) in [6.07, 6.45) is 5.93. The van der Waals surface area contributed by atoms with Crippen molar-refractivity contribution in [3.63, 3.8) is 0 Å². The van der Waals surface area contributed by atoms with Crippen molar-refractivity contribution < 1.29 is 18.0 Å². The van der Waals surface area contributed by atoms with Gasteiger partial charge in [0.15, 0.2) is 17.3 Å². The van der Waals surface area contributed by atoms with E-state index in [1.165, 1.54) is 18.3 Å². The molecule has 1 amide bonds. The van der Waals surface area contributed by atoms with Crippen molar-refractivity contribution in [2.75, 3.05) is 39.0 Å². The molecule has 8 nitrogen and oxygen atoms in total. The van der Waals surface area contributed by atoms with Gasteiger partial charge in [0.2, 0.25) is 0 Å². The molecule has 1 saturated heterocycles. The van der Waals surface area contributed by atoms with Crippen LogP contribution in [0.2, 0.25) is 0 Å². The number of piperidine rings is 1. The Morgan fingerprint density at radius 1 is 1.08 bits per heavy atom. The second-order valence-electron chi connectivity index (χ2n) is 10.0. The Morgan fingerprint density at radius 3 is 2.56 bits per heavy atom. The van der Waals surface area contributed by atoms with Crippen LogP contribution in [-0.2, 0) is 6.54 Å². The number of anilines is 1. The number of carbonyl (C=O) groups excluding carboxylic acids is 1. The summed E-state index contributed by atoms with van der Waals surface area (Å²) in [5.74, 6) is -2.09.